The van der Waals surface area contributed by atoms with Crippen LogP contribution < -0.4 is 0 Å². The molecule has 0 aliphatic rings. The second-order valence-corrected chi connectivity index (χ2v) is 4.22. The van der Waals surface area contributed by atoms with Gasteiger partial charge in [0.05, 0.1) is 0 Å². The summed E-state index contributed by atoms with van der Waals surface area (Å²) in [5.74, 6) is -0.514. The van der Waals surface area contributed by atoms with Gasteiger partial charge in [-0.2, -0.15) is 0 Å². The Morgan fingerprint density at radius 1 is 1.05 bits per heavy atom. The average Bonchev–Trinajstić information content (AvgIpc) is 2.94. The molecule has 0 atom stereocenters. The Bertz CT molecular complexity index is 736. The Balaban J connectivity index is 2.15. The van der Waals surface area contributed by atoms with E-state index in [1.165, 1.54) is 0 Å². The van der Waals surface area contributed by atoms with Crippen molar-refractivity contribution in [1.29, 1.82) is 0 Å². The molecule has 0 spiro atoms. The lowest BCUT2D eigenvalue weighted by molar-refractivity contribution is 0.0692. The molecule has 0 saturated heterocycles. The van der Waals surface area contributed by atoms with Crippen LogP contribution in [0.1, 0.15) is 10.5 Å². The number of carbonyl (C=O) groups is 1. The van der Waals surface area contributed by atoms with Crippen LogP contribution >= 0.6 is 0 Å². The largest absolute Gasteiger partial charge is 0.477 e. The van der Waals surface area contributed by atoms with Gasteiger partial charge in [0.25, 0.3) is 0 Å². The lowest BCUT2D eigenvalue weighted by Gasteiger charge is -1.96. The molecule has 0 saturated carbocycles. The van der Waals surface area contributed by atoms with Crippen molar-refractivity contribution in [2.75, 3.05) is 0 Å². The molecule has 2 heterocycles. The number of nitrogens with one attached hydrogen (secondary N) is 1. The second kappa shape index (κ2) is 4.97. The van der Waals surface area contributed by atoms with Crippen LogP contribution in [-0.2, 0) is 0 Å². The van der Waals surface area contributed by atoms with Crippen LogP contribution in [0.3, 0.4) is 0 Å². The fourth-order valence-corrected chi connectivity index (χ4v) is 1.97. The second-order valence-electron chi connectivity index (χ2n) is 4.22. The number of carboxylic acid groups (broad SMARTS) is 1. The molecule has 0 aliphatic carbocycles. The van der Waals surface area contributed by atoms with Crippen LogP contribution in [0, 0.1) is 0 Å². The molecule has 5 nitrogen and oxygen atoms in total. The maximum Gasteiger partial charge on any atom is 0.354 e. The van der Waals surface area contributed by atoms with Gasteiger partial charge in [0, 0.05) is 23.5 Å². The van der Waals surface area contributed by atoms with Gasteiger partial charge >= 0.3 is 5.97 Å². The van der Waals surface area contributed by atoms with Crippen molar-refractivity contribution in [1.82, 2.24) is 15.0 Å². The van der Waals surface area contributed by atoms with Crippen molar-refractivity contribution in [3.8, 4) is 22.6 Å². The third-order valence-electron chi connectivity index (χ3n) is 2.90. The normalized spacial score (nSPS) is 10.4. The van der Waals surface area contributed by atoms with Gasteiger partial charge in [0.15, 0.2) is 5.69 Å². The summed E-state index contributed by atoms with van der Waals surface area (Å²) in [6.45, 7) is 0. The summed E-state index contributed by atoms with van der Waals surface area (Å²) in [5, 5.41) is 9.30. The number of hydrogen-bond donors (Lipinski definition) is 2. The van der Waals surface area contributed by atoms with E-state index < -0.39 is 5.97 Å². The molecule has 20 heavy (non-hydrogen) atoms. The topological polar surface area (TPSA) is 78.9 Å². The highest BCUT2D eigenvalue weighted by Crippen LogP contribution is 2.25. The molecule has 0 aliphatic heterocycles. The Hall–Kier alpha value is -2.95. The quantitative estimate of drug-likeness (QED) is 0.763. The molecule has 2 N–H and O–H groups in total. The minimum Gasteiger partial charge on any atom is -0.477 e. The molecule has 5 heteroatoms. The molecule has 3 rings (SSSR count). The van der Waals surface area contributed by atoms with Crippen LogP contribution in [0.15, 0.2) is 54.9 Å². The number of aromatic amines is 1. The van der Waals surface area contributed by atoms with E-state index in [1.54, 1.807) is 24.5 Å². The van der Waals surface area contributed by atoms with Gasteiger partial charge < -0.3 is 10.1 Å². The van der Waals surface area contributed by atoms with Gasteiger partial charge in [-0.3, -0.25) is 4.98 Å². The number of rotatable bonds is 3. The van der Waals surface area contributed by atoms with E-state index in [2.05, 4.69) is 15.0 Å². The van der Waals surface area contributed by atoms with Gasteiger partial charge in [0.1, 0.15) is 11.5 Å². The summed E-state index contributed by atoms with van der Waals surface area (Å²) < 4.78 is 0. The molecule has 0 radical (unpaired) electrons. The highest BCUT2D eigenvalue weighted by atomic mass is 16.4. The zero-order valence-corrected chi connectivity index (χ0v) is 10.4. The van der Waals surface area contributed by atoms with Crippen LogP contribution in [0.25, 0.3) is 22.6 Å². The maximum atomic E-state index is 11.3. The molecule has 0 fully saturated rings. The molecule has 2 aromatic heterocycles. The maximum absolute atomic E-state index is 11.3. The molecule has 0 unspecified atom stereocenters. The summed E-state index contributed by atoms with van der Waals surface area (Å²) in [7, 11) is 0. The van der Waals surface area contributed by atoms with Crippen molar-refractivity contribution in [2.45, 2.75) is 0 Å². The third-order valence-corrected chi connectivity index (χ3v) is 2.90. The van der Waals surface area contributed by atoms with E-state index in [1.807, 2.05) is 30.3 Å². The lowest BCUT2D eigenvalue weighted by Crippen LogP contribution is -1.99. The zero-order valence-electron chi connectivity index (χ0n) is 10.4. The lowest BCUT2D eigenvalue weighted by atomic mass is 10.2. The average molecular weight is 265 g/mol. The van der Waals surface area contributed by atoms with E-state index in [0.717, 1.165) is 5.56 Å². The van der Waals surface area contributed by atoms with Crippen molar-refractivity contribution < 1.29 is 9.90 Å². The van der Waals surface area contributed by atoms with Crippen LogP contribution in [-0.4, -0.2) is 26.0 Å². The van der Waals surface area contributed by atoms with E-state index >= 15 is 0 Å². The number of H-pyrrole nitrogens is 1. The molecule has 0 amide bonds. The fraction of sp³-hybridized carbons (Fsp3) is 0. The summed E-state index contributed by atoms with van der Waals surface area (Å²) >= 11 is 0. The standard InChI is InChI=1S/C15H11N3O2/c19-15(20)13-12(11-7-4-8-16-9-11)17-14(18-13)10-5-2-1-3-6-10/h1-9H,(H,17,18)(H,19,20). The summed E-state index contributed by atoms with van der Waals surface area (Å²) in [6.07, 6.45) is 3.23. The Morgan fingerprint density at radius 2 is 1.80 bits per heavy atom. The molecule has 1 aromatic carbocycles. The SMILES string of the molecule is O=C(O)c1[nH]c(-c2ccccc2)nc1-c1cccnc1. The van der Waals surface area contributed by atoms with Gasteiger partial charge in [0.2, 0.25) is 0 Å². The van der Waals surface area contributed by atoms with Crippen molar-refractivity contribution >= 4 is 5.97 Å². The Kier molecular flexibility index (Phi) is 3.01. The minimum atomic E-state index is -1.04. The highest BCUT2D eigenvalue weighted by Gasteiger charge is 2.18. The van der Waals surface area contributed by atoms with Crippen LogP contribution in [0.4, 0.5) is 0 Å². The van der Waals surface area contributed by atoms with E-state index in [0.29, 0.717) is 17.1 Å². The molecular weight excluding hydrogens is 254 g/mol. The first kappa shape index (κ1) is 12.1. The summed E-state index contributed by atoms with van der Waals surface area (Å²) in [6, 6.07) is 12.9. The number of nitrogens with zero attached hydrogens (tertiary/aromatic N) is 2. The van der Waals surface area contributed by atoms with Gasteiger partial charge in [-0.15, -0.1) is 0 Å². The zero-order chi connectivity index (χ0) is 13.9. The summed E-state index contributed by atoms with van der Waals surface area (Å²) in [5.41, 5.74) is 1.97. The monoisotopic (exact) mass is 265 g/mol. The smallest absolute Gasteiger partial charge is 0.354 e. The first-order valence-electron chi connectivity index (χ1n) is 6.05. The van der Waals surface area contributed by atoms with E-state index in [-0.39, 0.29) is 5.69 Å². The van der Waals surface area contributed by atoms with Crippen LogP contribution in [0.5, 0.6) is 0 Å². The third kappa shape index (κ3) is 2.16. The highest BCUT2D eigenvalue weighted by molar-refractivity contribution is 5.93. The predicted molar refractivity (Wildman–Crippen MR) is 74.2 cm³/mol. The number of carboxylic acids is 1. The number of pyridine rings is 1. The minimum absolute atomic E-state index is 0.0665. The summed E-state index contributed by atoms with van der Waals surface area (Å²) in [4.78, 5) is 22.6. The number of aromatic nitrogens is 3. The first-order chi connectivity index (χ1) is 9.75. The Morgan fingerprint density at radius 3 is 2.45 bits per heavy atom. The number of aromatic carboxylic acids is 1. The van der Waals surface area contributed by atoms with Crippen molar-refractivity contribution in [3.63, 3.8) is 0 Å². The first-order valence-corrected chi connectivity index (χ1v) is 6.05. The van der Waals surface area contributed by atoms with E-state index in [9.17, 15) is 9.90 Å². The molecule has 3 aromatic rings. The van der Waals surface area contributed by atoms with E-state index in [4.69, 9.17) is 0 Å². The van der Waals surface area contributed by atoms with Crippen molar-refractivity contribution in [2.24, 2.45) is 0 Å². The van der Waals surface area contributed by atoms with Gasteiger partial charge in [-0.05, 0) is 12.1 Å². The van der Waals surface area contributed by atoms with Gasteiger partial charge in [-0.1, -0.05) is 30.3 Å². The number of imidazole rings is 1. The molecule has 0 bridgehead atoms. The predicted octanol–water partition coefficient (Wildman–Crippen LogP) is 2.84. The molecular formula is C15H11N3O2. The Labute approximate surface area is 115 Å². The van der Waals surface area contributed by atoms with Crippen LogP contribution in [0.2, 0.25) is 0 Å². The number of hydrogen-bond acceptors (Lipinski definition) is 3. The van der Waals surface area contributed by atoms with Gasteiger partial charge in [-0.25, -0.2) is 9.78 Å². The number of benzene rings is 1. The fourth-order valence-electron chi connectivity index (χ4n) is 1.97. The van der Waals surface area contributed by atoms with Crippen molar-refractivity contribution in [3.05, 3.63) is 60.6 Å². The molecule has 98 valence electrons.